The molecule has 4 atom stereocenters. The summed E-state index contributed by atoms with van der Waals surface area (Å²) < 4.78 is 40.5. The highest BCUT2D eigenvalue weighted by molar-refractivity contribution is 9.12. The van der Waals surface area contributed by atoms with E-state index < -0.39 is 64.7 Å². The lowest BCUT2D eigenvalue weighted by Gasteiger charge is -2.42. The average Bonchev–Trinajstić information content (AvgIpc) is 3.28. The Balaban J connectivity index is 1.34. The van der Waals surface area contributed by atoms with Gasteiger partial charge < -0.3 is 5.11 Å². The number of alkyl halides is 3. The summed E-state index contributed by atoms with van der Waals surface area (Å²) in [5, 5.41) is 14.3. The summed E-state index contributed by atoms with van der Waals surface area (Å²) in [4.78, 5) is 58.6. The Hall–Kier alpha value is -4.29. The van der Waals surface area contributed by atoms with Crippen LogP contribution >= 0.6 is 27.5 Å². The lowest BCUT2D eigenvalue weighted by atomic mass is 9.59. The van der Waals surface area contributed by atoms with E-state index in [1.54, 1.807) is 30.3 Å². The number of fused-ring (bicyclic) bond motifs is 4. The number of nitrogens with zero attached hydrogens (tertiary/aromatic N) is 3. The fourth-order valence-corrected chi connectivity index (χ4v) is 7.93. The Bertz CT molecular complexity index is 2020. The lowest BCUT2D eigenvalue weighted by molar-refractivity contribution is -0.141. The third-order valence-corrected chi connectivity index (χ3v) is 10.2. The number of imide groups is 1. The Kier molecular flexibility index (Phi) is 7.02. The summed E-state index contributed by atoms with van der Waals surface area (Å²) in [6.07, 6.45) is -1.75. The van der Waals surface area contributed by atoms with E-state index in [4.69, 9.17) is 11.6 Å². The van der Waals surface area contributed by atoms with Crippen molar-refractivity contribution in [2.75, 3.05) is 12.1 Å². The molecule has 1 fully saturated rings. The number of hydrogen-bond acceptors (Lipinski definition) is 7. The number of aromatic nitrogens is 1. The van der Waals surface area contributed by atoms with Crippen molar-refractivity contribution in [2.45, 2.75) is 24.9 Å². The predicted molar refractivity (Wildman–Crippen MR) is 165 cm³/mol. The number of carbonyl (C=O) groups excluding carboxylic acids is 4. The minimum atomic E-state index is -4.80. The maximum absolute atomic E-state index is 14.2. The van der Waals surface area contributed by atoms with E-state index in [1.165, 1.54) is 13.1 Å². The molecule has 1 aliphatic heterocycles. The van der Waals surface area contributed by atoms with Crippen molar-refractivity contribution in [1.29, 1.82) is 0 Å². The van der Waals surface area contributed by atoms with Crippen LogP contribution in [-0.4, -0.2) is 45.5 Å². The number of benzene rings is 2. The molecule has 0 radical (unpaired) electrons. The van der Waals surface area contributed by atoms with Crippen molar-refractivity contribution < 1.29 is 37.5 Å². The Morgan fingerprint density at radius 2 is 1.76 bits per heavy atom. The van der Waals surface area contributed by atoms with Gasteiger partial charge in [0.1, 0.15) is 11.4 Å². The highest BCUT2D eigenvalue weighted by atomic mass is 79.9. The third kappa shape index (κ3) is 4.44. The quantitative estimate of drug-likeness (QED) is 0.190. The van der Waals surface area contributed by atoms with Crippen LogP contribution in [0.4, 0.5) is 19.0 Å². The second-order valence-electron chi connectivity index (χ2n) is 11.6. The lowest BCUT2D eigenvalue weighted by Crippen LogP contribution is -2.46. The van der Waals surface area contributed by atoms with Gasteiger partial charge in [0, 0.05) is 41.1 Å². The number of carbonyl (C=O) groups is 4. The Morgan fingerprint density at radius 1 is 1.02 bits per heavy atom. The Labute approximate surface area is 272 Å². The molecular weight excluding hydrogens is 691 g/mol. The molecule has 0 bridgehead atoms. The van der Waals surface area contributed by atoms with E-state index in [0.29, 0.717) is 22.6 Å². The van der Waals surface area contributed by atoms with Crippen LogP contribution < -0.4 is 5.01 Å². The number of hydrogen-bond donors (Lipinski definition) is 1. The summed E-state index contributed by atoms with van der Waals surface area (Å²) in [5.74, 6) is -6.23. The van der Waals surface area contributed by atoms with Gasteiger partial charge in [-0.1, -0.05) is 59.6 Å². The fourth-order valence-electron chi connectivity index (χ4n) is 7.26. The number of phenolic OH excluding ortho intramolecular Hbond substituents is 1. The third-order valence-electron chi connectivity index (χ3n) is 9.28. The van der Waals surface area contributed by atoms with Crippen LogP contribution in [0.5, 0.6) is 5.75 Å². The molecule has 1 aromatic heterocycles. The van der Waals surface area contributed by atoms with E-state index in [1.807, 2.05) is 12.1 Å². The molecule has 1 saturated heterocycles. The molecule has 46 heavy (non-hydrogen) atoms. The number of amides is 2. The number of ketones is 2. The van der Waals surface area contributed by atoms with Gasteiger partial charge in [-0.3, -0.25) is 24.2 Å². The average molecular weight is 713 g/mol. The largest absolute Gasteiger partial charge is 0.507 e. The highest BCUT2D eigenvalue weighted by Crippen LogP contribution is 2.57. The first-order chi connectivity index (χ1) is 21.8. The number of anilines is 1. The normalized spacial score (nSPS) is 24.5. The van der Waals surface area contributed by atoms with Crippen molar-refractivity contribution in [3.05, 3.63) is 98.2 Å². The monoisotopic (exact) mass is 711 g/mol. The van der Waals surface area contributed by atoms with Gasteiger partial charge in [-0.2, -0.15) is 18.2 Å². The second kappa shape index (κ2) is 10.6. The van der Waals surface area contributed by atoms with Crippen molar-refractivity contribution in [1.82, 2.24) is 9.99 Å². The van der Waals surface area contributed by atoms with Crippen LogP contribution in [0.15, 0.2) is 81.9 Å². The van der Waals surface area contributed by atoms with Crippen LogP contribution in [0, 0.1) is 17.8 Å². The first kappa shape index (κ1) is 30.4. The van der Waals surface area contributed by atoms with Crippen LogP contribution in [0.25, 0.3) is 10.8 Å². The van der Waals surface area contributed by atoms with Crippen LogP contribution in [0.3, 0.4) is 0 Å². The Morgan fingerprint density at radius 3 is 2.50 bits per heavy atom. The number of hydrazine groups is 1. The van der Waals surface area contributed by atoms with E-state index >= 15 is 0 Å². The minimum absolute atomic E-state index is 0.0279. The zero-order valence-corrected chi connectivity index (χ0v) is 26.2. The topological polar surface area (TPSA) is 108 Å². The standard InChI is InChI=1S/C33H22BrClF3N3O5/c1-40(30-22(35)10-11-24(39-30)33(36,37)38)41-31(45)18-9-8-16-19(26(18)32(41)46)12-20-27(23(42)13-21(34)29(20)44)25(16)17-7-6-14-4-2-3-5-15(14)28(17)43/h2-8,10-11,13,18-19,25-26,43H,9,12H2,1H3/t18-,19+,25+,26-/m0/s1. The molecule has 0 spiro atoms. The second-order valence-corrected chi connectivity index (χ2v) is 12.9. The zero-order chi connectivity index (χ0) is 32.8. The van der Waals surface area contributed by atoms with Crippen molar-refractivity contribution >= 4 is 67.5 Å². The molecule has 13 heteroatoms. The number of aromatic hydroxyl groups is 1. The van der Waals surface area contributed by atoms with E-state index in [2.05, 4.69) is 20.9 Å². The smallest absolute Gasteiger partial charge is 0.433 e. The number of pyridine rings is 1. The maximum atomic E-state index is 14.2. The number of rotatable bonds is 3. The van der Waals surface area contributed by atoms with Crippen molar-refractivity contribution in [3.8, 4) is 5.75 Å². The molecule has 3 aromatic rings. The van der Waals surface area contributed by atoms with E-state index in [-0.39, 0.29) is 39.2 Å². The zero-order valence-electron chi connectivity index (χ0n) is 23.8. The van der Waals surface area contributed by atoms with Gasteiger partial charge in [-0.15, -0.1) is 0 Å². The van der Waals surface area contributed by atoms with Gasteiger partial charge in [-0.25, -0.2) is 4.98 Å². The fraction of sp³-hybridized carbons (Fsp3) is 0.242. The van der Waals surface area contributed by atoms with Crippen LogP contribution in [-0.2, 0) is 25.4 Å². The summed E-state index contributed by atoms with van der Waals surface area (Å²) in [6, 6.07) is 12.3. The first-order valence-electron chi connectivity index (χ1n) is 14.2. The predicted octanol–water partition coefficient (Wildman–Crippen LogP) is 6.43. The highest BCUT2D eigenvalue weighted by Gasteiger charge is 2.58. The molecule has 0 saturated carbocycles. The van der Waals surface area contributed by atoms with Gasteiger partial charge in [0.25, 0.3) is 11.8 Å². The van der Waals surface area contributed by atoms with Crippen molar-refractivity contribution in [2.24, 2.45) is 17.8 Å². The number of allylic oxidation sites excluding steroid dienone is 6. The van der Waals surface area contributed by atoms with Gasteiger partial charge in [0.2, 0.25) is 0 Å². The van der Waals surface area contributed by atoms with Crippen LogP contribution in [0.1, 0.15) is 30.0 Å². The minimum Gasteiger partial charge on any atom is -0.507 e. The van der Waals surface area contributed by atoms with E-state index in [0.717, 1.165) is 21.5 Å². The molecule has 0 unspecified atom stereocenters. The molecule has 234 valence electrons. The molecule has 4 aliphatic rings. The molecular formula is C33H22BrClF3N3O5. The van der Waals surface area contributed by atoms with E-state index in [9.17, 15) is 37.5 Å². The summed E-state index contributed by atoms with van der Waals surface area (Å²) in [6.45, 7) is 0. The van der Waals surface area contributed by atoms with Crippen LogP contribution in [0.2, 0.25) is 5.02 Å². The number of halogens is 5. The summed E-state index contributed by atoms with van der Waals surface area (Å²) >= 11 is 9.38. The molecule has 2 heterocycles. The molecule has 7 rings (SSSR count). The van der Waals surface area contributed by atoms with Gasteiger partial charge in [-0.05, 0) is 52.2 Å². The SMILES string of the molecule is CN(c1nc(C(F)(F)F)ccc1Cl)N1C(=O)[C@H]2[C@H](CC=C3[C@H](c4ccc5ccccc5c4O)C4=C(C[C@H]32)C(=O)C(Br)=CC4=O)C1=O. The van der Waals surface area contributed by atoms with Gasteiger partial charge in [0.15, 0.2) is 17.4 Å². The number of phenols is 1. The molecule has 2 aromatic carbocycles. The first-order valence-corrected chi connectivity index (χ1v) is 15.4. The molecule has 8 nitrogen and oxygen atoms in total. The van der Waals surface area contributed by atoms with Gasteiger partial charge in [0.05, 0.1) is 21.3 Å². The summed E-state index contributed by atoms with van der Waals surface area (Å²) in [7, 11) is 1.23. The van der Waals surface area contributed by atoms with Crippen molar-refractivity contribution in [3.63, 3.8) is 0 Å². The molecule has 2 amide bonds. The molecule has 3 aliphatic carbocycles. The summed E-state index contributed by atoms with van der Waals surface area (Å²) in [5.41, 5.74) is 0.112. The van der Waals surface area contributed by atoms with Gasteiger partial charge >= 0.3 is 6.18 Å². The maximum Gasteiger partial charge on any atom is 0.433 e. The number of Topliss-reactive ketones (excluding diaryl/α,β-unsaturated/α-hetero) is 1. The molecule has 1 N–H and O–H groups in total.